The van der Waals surface area contributed by atoms with Crippen molar-refractivity contribution in [3.05, 3.63) is 29.8 Å². The third kappa shape index (κ3) is 4.22. The molecule has 0 aliphatic heterocycles. The number of aliphatic hydroxyl groups is 1. The molecule has 0 aliphatic rings. The number of alkyl halides is 2. The van der Waals surface area contributed by atoms with Crippen LogP contribution in [0, 0.1) is 0 Å². The van der Waals surface area contributed by atoms with Gasteiger partial charge in [-0.15, -0.1) is 0 Å². The summed E-state index contributed by atoms with van der Waals surface area (Å²) in [6.07, 6.45) is -3.02. The molecule has 1 aromatic rings. The maximum atomic E-state index is 12.3. The summed E-state index contributed by atoms with van der Waals surface area (Å²) in [5.74, 6) is -1.44. The molecule has 0 heterocycles. The Morgan fingerprint density at radius 3 is 2.20 bits per heavy atom. The number of sulfonamides is 1. The van der Waals surface area contributed by atoms with Crippen molar-refractivity contribution < 1.29 is 32.2 Å². The summed E-state index contributed by atoms with van der Waals surface area (Å²) >= 11 is 0. The van der Waals surface area contributed by atoms with Crippen molar-refractivity contribution >= 4 is 16.0 Å². The fourth-order valence-electron chi connectivity index (χ4n) is 1.41. The maximum Gasteiger partial charge on any atom is 0.321 e. The summed E-state index contributed by atoms with van der Waals surface area (Å²) in [5, 5.41) is 17.5. The van der Waals surface area contributed by atoms with Crippen LogP contribution < -0.4 is 4.72 Å². The monoisotopic (exact) mass is 309 g/mol. The van der Waals surface area contributed by atoms with Crippen molar-refractivity contribution in [1.29, 1.82) is 0 Å². The van der Waals surface area contributed by atoms with Gasteiger partial charge in [0.2, 0.25) is 10.0 Å². The summed E-state index contributed by atoms with van der Waals surface area (Å²) < 4.78 is 50.3. The summed E-state index contributed by atoms with van der Waals surface area (Å²) in [6, 6.07) is 2.32. The molecule has 20 heavy (non-hydrogen) atoms. The van der Waals surface area contributed by atoms with Crippen LogP contribution in [0.4, 0.5) is 8.78 Å². The van der Waals surface area contributed by atoms with Crippen LogP contribution in [0.15, 0.2) is 29.2 Å². The predicted octanol–water partition coefficient (Wildman–Crippen LogP) is 0.738. The lowest BCUT2D eigenvalue weighted by Gasteiger charge is -2.13. The first-order valence-corrected chi connectivity index (χ1v) is 7.00. The molecule has 9 heteroatoms. The average molecular weight is 309 g/mol. The Kier molecular flexibility index (Phi) is 5.54. The molecule has 1 aromatic carbocycles. The minimum absolute atomic E-state index is 0.302. The molecule has 0 amide bonds. The first kappa shape index (κ1) is 16.5. The van der Waals surface area contributed by atoms with Crippen LogP contribution in [-0.2, 0) is 14.8 Å². The number of benzene rings is 1. The van der Waals surface area contributed by atoms with E-state index in [0.29, 0.717) is 0 Å². The van der Waals surface area contributed by atoms with Gasteiger partial charge in [0.25, 0.3) is 6.43 Å². The maximum absolute atomic E-state index is 12.3. The molecule has 0 saturated heterocycles. The molecule has 0 aliphatic carbocycles. The van der Waals surface area contributed by atoms with E-state index in [2.05, 4.69) is 0 Å². The zero-order chi connectivity index (χ0) is 15.3. The minimum atomic E-state index is -4.16. The van der Waals surface area contributed by atoms with Crippen molar-refractivity contribution in [2.45, 2.75) is 23.8 Å². The van der Waals surface area contributed by atoms with Crippen molar-refractivity contribution in [2.24, 2.45) is 0 Å². The molecule has 0 radical (unpaired) electrons. The van der Waals surface area contributed by atoms with Crippen LogP contribution >= 0.6 is 0 Å². The van der Waals surface area contributed by atoms with Crippen LogP contribution in [-0.4, -0.2) is 37.2 Å². The molecular weight excluding hydrogens is 296 g/mol. The van der Waals surface area contributed by atoms with Crippen LogP contribution in [0.2, 0.25) is 0 Å². The van der Waals surface area contributed by atoms with Crippen LogP contribution in [0.1, 0.15) is 18.4 Å². The second-order valence-electron chi connectivity index (χ2n) is 3.89. The van der Waals surface area contributed by atoms with E-state index < -0.39 is 35.1 Å². The van der Waals surface area contributed by atoms with Crippen molar-refractivity contribution in [2.75, 3.05) is 6.61 Å². The van der Waals surface area contributed by atoms with E-state index in [1.54, 1.807) is 0 Å². The quantitative estimate of drug-likeness (QED) is 0.689. The van der Waals surface area contributed by atoms with Gasteiger partial charge in [-0.3, -0.25) is 4.79 Å². The Hall–Kier alpha value is -1.58. The van der Waals surface area contributed by atoms with Gasteiger partial charge in [0.15, 0.2) is 0 Å². The lowest BCUT2D eigenvalue weighted by Crippen LogP contribution is -2.41. The molecule has 112 valence electrons. The van der Waals surface area contributed by atoms with Crippen molar-refractivity contribution in [3.8, 4) is 0 Å². The van der Waals surface area contributed by atoms with E-state index in [0.717, 1.165) is 24.3 Å². The van der Waals surface area contributed by atoms with Gasteiger partial charge in [-0.1, -0.05) is 12.1 Å². The SMILES string of the molecule is O=C(O)[C@@H](CCO)NS(=O)(=O)c1ccc(C(F)F)cc1. The number of nitrogens with one attached hydrogen (secondary N) is 1. The first-order chi connectivity index (χ1) is 9.27. The number of rotatable bonds is 7. The van der Waals surface area contributed by atoms with E-state index in [9.17, 15) is 22.0 Å². The molecule has 0 aromatic heterocycles. The van der Waals surface area contributed by atoms with E-state index in [4.69, 9.17) is 10.2 Å². The molecular formula is C11H13F2NO5S. The van der Waals surface area contributed by atoms with Gasteiger partial charge in [-0.2, -0.15) is 4.72 Å². The molecule has 0 fully saturated rings. The van der Waals surface area contributed by atoms with E-state index >= 15 is 0 Å². The lowest BCUT2D eigenvalue weighted by atomic mass is 10.2. The van der Waals surface area contributed by atoms with Crippen LogP contribution in [0.5, 0.6) is 0 Å². The van der Waals surface area contributed by atoms with Gasteiger partial charge in [-0.05, 0) is 18.6 Å². The summed E-state index contributed by atoms with van der Waals surface area (Å²) in [7, 11) is -4.16. The minimum Gasteiger partial charge on any atom is -0.480 e. The third-order valence-corrected chi connectivity index (χ3v) is 3.94. The van der Waals surface area contributed by atoms with Crippen LogP contribution in [0.25, 0.3) is 0 Å². The Morgan fingerprint density at radius 2 is 1.80 bits per heavy atom. The van der Waals surface area contributed by atoms with Gasteiger partial charge in [0.05, 0.1) is 4.90 Å². The molecule has 6 nitrogen and oxygen atoms in total. The highest BCUT2D eigenvalue weighted by Crippen LogP contribution is 2.20. The molecule has 3 N–H and O–H groups in total. The molecule has 0 unspecified atom stereocenters. The number of aliphatic hydroxyl groups excluding tert-OH is 1. The van der Waals surface area contributed by atoms with Crippen LogP contribution in [0.3, 0.4) is 0 Å². The molecule has 0 spiro atoms. The zero-order valence-corrected chi connectivity index (χ0v) is 11.0. The van der Waals surface area contributed by atoms with E-state index in [1.165, 1.54) is 0 Å². The normalized spacial score (nSPS) is 13.4. The zero-order valence-electron chi connectivity index (χ0n) is 10.2. The summed E-state index contributed by atoms with van der Waals surface area (Å²) in [6.45, 7) is -0.510. The lowest BCUT2D eigenvalue weighted by molar-refractivity contribution is -0.139. The number of carbonyl (C=O) groups is 1. The molecule has 0 saturated carbocycles. The second-order valence-corrected chi connectivity index (χ2v) is 5.61. The third-order valence-electron chi connectivity index (χ3n) is 2.46. The molecule has 0 bridgehead atoms. The smallest absolute Gasteiger partial charge is 0.321 e. The van der Waals surface area contributed by atoms with Gasteiger partial charge < -0.3 is 10.2 Å². The Bertz CT molecular complexity index is 559. The topological polar surface area (TPSA) is 104 Å². The standard InChI is InChI=1S/C11H13F2NO5S/c12-10(13)7-1-3-8(4-2-7)20(18,19)14-9(5-6-15)11(16)17/h1-4,9-10,14-15H,5-6H2,(H,16,17)/t9-/m1/s1. The highest BCUT2D eigenvalue weighted by molar-refractivity contribution is 7.89. The number of halogens is 2. The number of hydrogen-bond donors (Lipinski definition) is 3. The highest BCUT2D eigenvalue weighted by Gasteiger charge is 2.25. The largest absolute Gasteiger partial charge is 0.480 e. The van der Waals surface area contributed by atoms with Crippen molar-refractivity contribution in [1.82, 2.24) is 4.72 Å². The number of hydrogen-bond acceptors (Lipinski definition) is 4. The Morgan fingerprint density at radius 1 is 1.25 bits per heavy atom. The van der Waals surface area contributed by atoms with E-state index in [-0.39, 0.29) is 16.9 Å². The first-order valence-electron chi connectivity index (χ1n) is 5.52. The van der Waals surface area contributed by atoms with Gasteiger partial charge in [-0.25, -0.2) is 17.2 Å². The Balaban J connectivity index is 2.95. The summed E-state index contributed by atoms with van der Waals surface area (Å²) in [5.41, 5.74) is -0.339. The van der Waals surface area contributed by atoms with Crippen molar-refractivity contribution in [3.63, 3.8) is 0 Å². The fraction of sp³-hybridized carbons (Fsp3) is 0.364. The highest BCUT2D eigenvalue weighted by atomic mass is 32.2. The fourth-order valence-corrected chi connectivity index (χ4v) is 2.63. The van der Waals surface area contributed by atoms with Gasteiger partial charge in [0, 0.05) is 12.2 Å². The number of carboxylic acids is 1. The van der Waals surface area contributed by atoms with E-state index in [1.807, 2.05) is 4.72 Å². The van der Waals surface area contributed by atoms with Gasteiger partial charge in [0.1, 0.15) is 6.04 Å². The van der Waals surface area contributed by atoms with Gasteiger partial charge >= 0.3 is 5.97 Å². The molecule has 1 atom stereocenters. The predicted molar refractivity (Wildman–Crippen MR) is 64.8 cm³/mol. The number of aliphatic carboxylic acids is 1. The average Bonchev–Trinajstić information content (AvgIpc) is 2.38. The second kappa shape index (κ2) is 6.73. The molecule has 1 rings (SSSR count). The summed E-state index contributed by atoms with van der Waals surface area (Å²) in [4.78, 5) is 10.5. The number of carboxylic acid groups (broad SMARTS) is 1. The Labute approximate surface area is 114 Å².